The third-order valence-electron chi connectivity index (χ3n) is 1.28. The molecule has 0 saturated carbocycles. The Labute approximate surface area is 75.7 Å². The second-order valence-corrected chi connectivity index (χ2v) is 3.38. The summed E-state index contributed by atoms with van der Waals surface area (Å²) in [5, 5.41) is 10.6. The Hall–Kier alpha value is -0.710. The standard InChI is InChI=1S/C7H13NO3S/c1-5(4-12-2)7(11)8-3-6(9)10/h5H,3-4H2,1-2H3,(H,8,11)(H,9,10). The van der Waals surface area contributed by atoms with Gasteiger partial charge in [-0.05, 0) is 6.26 Å². The van der Waals surface area contributed by atoms with Crippen molar-refractivity contribution in [1.29, 1.82) is 0 Å². The van der Waals surface area contributed by atoms with Crippen LogP contribution in [0.3, 0.4) is 0 Å². The maximum atomic E-state index is 11.0. The van der Waals surface area contributed by atoms with Crippen LogP contribution in [0.25, 0.3) is 0 Å². The van der Waals surface area contributed by atoms with E-state index in [9.17, 15) is 9.59 Å². The summed E-state index contributed by atoms with van der Waals surface area (Å²) in [6.45, 7) is 1.48. The Morgan fingerprint density at radius 2 is 2.17 bits per heavy atom. The third kappa shape index (κ3) is 5.01. The fourth-order valence-corrected chi connectivity index (χ4v) is 1.31. The van der Waals surface area contributed by atoms with Crippen LogP contribution in [0.2, 0.25) is 0 Å². The predicted molar refractivity (Wildman–Crippen MR) is 48.2 cm³/mol. The largest absolute Gasteiger partial charge is 0.480 e. The van der Waals surface area contributed by atoms with Crippen LogP contribution in [0, 0.1) is 5.92 Å². The molecule has 1 amide bonds. The van der Waals surface area contributed by atoms with Gasteiger partial charge < -0.3 is 10.4 Å². The van der Waals surface area contributed by atoms with Gasteiger partial charge in [-0.25, -0.2) is 0 Å². The number of carbonyl (C=O) groups is 2. The molecule has 0 saturated heterocycles. The van der Waals surface area contributed by atoms with Crippen LogP contribution in [0.4, 0.5) is 0 Å². The molecule has 4 nitrogen and oxygen atoms in total. The maximum Gasteiger partial charge on any atom is 0.322 e. The van der Waals surface area contributed by atoms with Crippen molar-refractivity contribution in [3.8, 4) is 0 Å². The number of hydrogen-bond acceptors (Lipinski definition) is 3. The average Bonchev–Trinajstić information content (AvgIpc) is 2.00. The molecule has 0 aromatic rings. The second-order valence-electron chi connectivity index (χ2n) is 2.47. The first kappa shape index (κ1) is 11.3. The van der Waals surface area contributed by atoms with Crippen LogP contribution in [-0.2, 0) is 9.59 Å². The Kier molecular flexibility index (Phi) is 5.53. The van der Waals surface area contributed by atoms with Crippen LogP contribution in [0.5, 0.6) is 0 Å². The monoisotopic (exact) mass is 191 g/mol. The van der Waals surface area contributed by atoms with Crippen LogP contribution >= 0.6 is 11.8 Å². The molecular weight excluding hydrogens is 178 g/mol. The summed E-state index contributed by atoms with van der Waals surface area (Å²) in [5.74, 6) is -0.628. The highest BCUT2D eigenvalue weighted by atomic mass is 32.2. The van der Waals surface area contributed by atoms with Crippen molar-refractivity contribution in [1.82, 2.24) is 5.32 Å². The summed E-state index contributed by atoms with van der Waals surface area (Å²) >= 11 is 1.56. The number of nitrogens with one attached hydrogen (secondary N) is 1. The number of carbonyl (C=O) groups excluding carboxylic acids is 1. The summed E-state index contributed by atoms with van der Waals surface area (Å²) in [6.07, 6.45) is 1.90. The molecule has 12 heavy (non-hydrogen) atoms. The van der Waals surface area contributed by atoms with Crippen molar-refractivity contribution < 1.29 is 14.7 Å². The lowest BCUT2D eigenvalue weighted by molar-refractivity contribution is -0.138. The van der Waals surface area contributed by atoms with Gasteiger partial charge in [0.2, 0.25) is 5.91 Å². The van der Waals surface area contributed by atoms with E-state index < -0.39 is 5.97 Å². The summed E-state index contributed by atoms with van der Waals surface area (Å²) in [4.78, 5) is 21.1. The number of carboxylic acids is 1. The molecule has 1 atom stereocenters. The number of thioether (sulfide) groups is 1. The highest BCUT2D eigenvalue weighted by Crippen LogP contribution is 2.03. The van der Waals surface area contributed by atoms with E-state index in [0.29, 0.717) is 5.75 Å². The number of rotatable bonds is 5. The number of hydrogen-bond donors (Lipinski definition) is 2. The molecule has 0 aromatic heterocycles. The topological polar surface area (TPSA) is 66.4 Å². The van der Waals surface area contributed by atoms with Crippen molar-refractivity contribution in [2.45, 2.75) is 6.92 Å². The van der Waals surface area contributed by atoms with E-state index in [2.05, 4.69) is 5.32 Å². The molecule has 1 unspecified atom stereocenters. The third-order valence-corrected chi connectivity index (χ3v) is 2.11. The quantitative estimate of drug-likeness (QED) is 0.651. The lowest BCUT2D eigenvalue weighted by atomic mass is 10.2. The van der Waals surface area contributed by atoms with Gasteiger partial charge in [0.15, 0.2) is 0 Å². The zero-order valence-electron chi connectivity index (χ0n) is 7.16. The van der Waals surface area contributed by atoms with Crippen LogP contribution < -0.4 is 5.32 Å². The Bertz CT molecular complexity index is 172. The maximum absolute atomic E-state index is 11.0. The summed E-state index contributed by atoms with van der Waals surface area (Å²) in [6, 6.07) is 0. The van der Waals surface area contributed by atoms with Gasteiger partial charge in [-0.3, -0.25) is 9.59 Å². The number of carboxylic acid groups (broad SMARTS) is 1. The van der Waals surface area contributed by atoms with E-state index in [0.717, 1.165) is 0 Å². The molecule has 0 aliphatic heterocycles. The lowest BCUT2D eigenvalue weighted by Crippen LogP contribution is -2.34. The van der Waals surface area contributed by atoms with Gasteiger partial charge in [0.1, 0.15) is 6.54 Å². The van der Waals surface area contributed by atoms with E-state index in [1.54, 1.807) is 18.7 Å². The van der Waals surface area contributed by atoms with E-state index in [4.69, 9.17) is 5.11 Å². The van der Waals surface area contributed by atoms with Crippen molar-refractivity contribution in [2.24, 2.45) is 5.92 Å². The van der Waals surface area contributed by atoms with Crippen LogP contribution in [0.1, 0.15) is 6.92 Å². The molecule has 0 rings (SSSR count). The first-order chi connectivity index (χ1) is 5.57. The molecule has 0 spiro atoms. The van der Waals surface area contributed by atoms with Crippen molar-refractivity contribution in [3.05, 3.63) is 0 Å². The molecule has 2 N–H and O–H groups in total. The lowest BCUT2D eigenvalue weighted by Gasteiger charge is -2.08. The molecule has 0 aliphatic rings. The van der Waals surface area contributed by atoms with E-state index in [-0.39, 0.29) is 18.4 Å². The SMILES string of the molecule is CSCC(C)C(=O)NCC(=O)O. The summed E-state index contributed by atoms with van der Waals surface area (Å²) in [7, 11) is 0. The first-order valence-electron chi connectivity index (χ1n) is 3.56. The fraction of sp³-hybridized carbons (Fsp3) is 0.714. The van der Waals surface area contributed by atoms with Gasteiger partial charge in [-0.2, -0.15) is 11.8 Å². The zero-order valence-corrected chi connectivity index (χ0v) is 7.98. The summed E-state index contributed by atoms with van der Waals surface area (Å²) < 4.78 is 0. The summed E-state index contributed by atoms with van der Waals surface area (Å²) in [5.41, 5.74) is 0. The van der Waals surface area contributed by atoms with E-state index in [1.165, 1.54) is 0 Å². The minimum absolute atomic E-state index is 0.126. The van der Waals surface area contributed by atoms with Crippen molar-refractivity contribution in [3.63, 3.8) is 0 Å². The number of aliphatic carboxylic acids is 1. The van der Waals surface area contributed by atoms with Gasteiger partial charge in [-0.15, -0.1) is 0 Å². The Morgan fingerprint density at radius 1 is 1.58 bits per heavy atom. The molecular formula is C7H13NO3S. The fourth-order valence-electron chi connectivity index (χ4n) is 0.663. The van der Waals surface area contributed by atoms with Crippen molar-refractivity contribution >= 4 is 23.6 Å². The van der Waals surface area contributed by atoms with E-state index >= 15 is 0 Å². The van der Waals surface area contributed by atoms with E-state index in [1.807, 2.05) is 6.26 Å². The second kappa shape index (κ2) is 5.88. The van der Waals surface area contributed by atoms with Crippen molar-refractivity contribution in [2.75, 3.05) is 18.6 Å². The zero-order chi connectivity index (χ0) is 9.56. The minimum Gasteiger partial charge on any atom is -0.480 e. The van der Waals surface area contributed by atoms with Gasteiger partial charge >= 0.3 is 5.97 Å². The Morgan fingerprint density at radius 3 is 2.58 bits per heavy atom. The van der Waals surface area contributed by atoms with Gasteiger partial charge in [0, 0.05) is 11.7 Å². The normalized spacial score (nSPS) is 12.2. The van der Waals surface area contributed by atoms with Gasteiger partial charge in [0.05, 0.1) is 0 Å². The highest BCUT2D eigenvalue weighted by molar-refractivity contribution is 7.98. The smallest absolute Gasteiger partial charge is 0.322 e. The molecule has 70 valence electrons. The molecule has 0 bridgehead atoms. The predicted octanol–water partition coefficient (Wildman–Crippen LogP) is 0.186. The molecule has 0 fully saturated rings. The average molecular weight is 191 g/mol. The Balaban J connectivity index is 3.64. The first-order valence-corrected chi connectivity index (χ1v) is 4.95. The van der Waals surface area contributed by atoms with Crippen LogP contribution in [0.15, 0.2) is 0 Å². The van der Waals surface area contributed by atoms with Gasteiger partial charge in [0.25, 0.3) is 0 Å². The highest BCUT2D eigenvalue weighted by Gasteiger charge is 2.11. The molecule has 0 radical (unpaired) electrons. The van der Waals surface area contributed by atoms with Gasteiger partial charge in [-0.1, -0.05) is 6.92 Å². The molecule has 5 heteroatoms. The minimum atomic E-state index is -1.01. The van der Waals surface area contributed by atoms with Crippen LogP contribution in [-0.4, -0.2) is 35.5 Å². The molecule has 0 aromatic carbocycles. The molecule has 0 aliphatic carbocycles. The molecule has 0 heterocycles. The number of amides is 1.